The van der Waals surface area contributed by atoms with Crippen LogP contribution in [0.4, 0.5) is 4.39 Å². The Morgan fingerprint density at radius 2 is 2.29 bits per heavy atom. The van der Waals surface area contributed by atoms with E-state index >= 15 is 0 Å². The normalized spacial score (nSPS) is 24.7. The van der Waals surface area contributed by atoms with E-state index in [1.807, 2.05) is 0 Å². The molecule has 1 fully saturated rings. The molecule has 1 aromatic rings. The summed E-state index contributed by atoms with van der Waals surface area (Å²) in [4.78, 5) is 10.6. The van der Waals surface area contributed by atoms with Crippen LogP contribution in [0, 0.1) is 11.7 Å². The summed E-state index contributed by atoms with van der Waals surface area (Å²) < 4.78 is 13.3. The summed E-state index contributed by atoms with van der Waals surface area (Å²) in [6.07, 6.45) is 0.482. The van der Waals surface area contributed by atoms with Crippen LogP contribution >= 0.6 is 11.6 Å². The molecule has 74 valence electrons. The van der Waals surface area contributed by atoms with Gasteiger partial charge in [0.2, 0.25) is 0 Å². The summed E-state index contributed by atoms with van der Waals surface area (Å²) in [5.41, 5.74) is 0.349. The summed E-state index contributed by atoms with van der Waals surface area (Å²) in [5, 5.41) is 9.02. The van der Waals surface area contributed by atoms with Crippen molar-refractivity contribution in [1.82, 2.24) is 0 Å². The molecule has 0 saturated heterocycles. The first kappa shape index (κ1) is 9.46. The van der Waals surface area contributed by atoms with Crippen LogP contribution in [0.1, 0.15) is 17.9 Å². The molecule has 2 nitrogen and oxygen atoms in total. The Labute approximate surface area is 85.3 Å². The Balaban J connectivity index is 2.31. The Bertz CT molecular complexity index is 371. The zero-order valence-corrected chi connectivity index (χ0v) is 7.96. The van der Waals surface area contributed by atoms with Crippen LogP contribution in [-0.4, -0.2) is 11.1 Å². The lowest BCUT2D eigenvalue weighted by atomic mass is 10.1. The highest BCUT2D eigenvalue weighted by atomic mass is 35.5. The van der Waals surface area contributed by atoms with Crippen LogP contribution in [0.2, 0.25) is 5.02 Å². The molecule has 0 amide bonds. The summed E-state index contributed by atoms with van der Waals surface area (Å²) >= 11 is 5.80. The highest BCUT2D eigenvalue weighted by Crippen LogP contribution is 2.50. The van der Waals surface area contributed by atoms with E-state index in [9.17, 15) is 9.18 Å². The molecule has 0 radical (unpaired) electrons. The lowest BCUT2D eigenvalue weighted by Gasteiger charge is -2.03. The Morgan fingerprint density at radius 1 is 1.57 bits per heavy atom. The van der Waals surface area contributed by atoms with Gasteiger partial charge in [0.15, 0.2) is 0 Å². The van der Waals surface area contributed by atoms with E-state index in [1.54, 1.807) is 6.07 Å². The van der Waals surface area contributed by atoms with Crippen LogP contribution in [-0.2, 0) is 4.79 Å². The summed E-state index contributed by atoms with van der Waals surface area (Å²) in [6.45, 7) is 0. The molecule has 0 spiro atoms. The predicted octanol–water partition coefficient (Wildman–Crippen LogP) is 2.67. The topological polar surface area (TPSA) is 37.3 Å². The zero-order valence-electron chi connectivity index (χ0n) is 7.21. The molecule has 1 saturated carbocycles. The highest BCUT2D eigenvalue weighted by Gasteiger charge is 2.46. The average molecular weight is 215 g/mol. The fraction of sp³-hybridized carbons (Fsp3) is 0.300. The molecule has 0 heterocycles. The second-order valence-corrected chi connectivity index (χ2v) is 3.83. The van der Waals surface area contributed by atoms with Gasteiger partial charge in [-0.05, 0) is 18.6 Å². The third-order valence-corrected chi connectivity index (χ3v) is 2.81. The number of rotatable bonds is 2. The van der Waals surface area contributed by atoms with Gasteiger partial charge in [0, 0.05) is 16.5 Å². The van der Waals surface area contributed by atoms with Gasteiger partial charge in [-0.3, -0.25) is 4.79 Å². The SMILES string of the molecule is O=C(O)[C@@H]1C[C@H]1c1c(F)cccc1Cl. The first-order chi connectivity index (χ1) is 6.61. The van der Waals surface area contributed by atoms with Crippen molar-refractivity contribution in [2.24, 2.45) is 5.92 Å². The van der Waals surface area contributed by atoms with Gasteiger partial charge in [-0.1, -0.05) is 17.7 Å². The Morgan fingerprint density at radius 3 is 2.79 bits per heavy atom. The van der Waals surface area contributed by atoms with Crippen molar-refractivity contribution in [2.75, 3.05) is 0 Å². The van der Waals surface area contributed by atoms with Gasteiger partial charge >= 0.3 is 5.97 Å². The molecule has 1 aromatic carbocycles. The highest BCUT2D eigenvalue weighted by molar-refractivity contribution is 6.31. The number of benzene rings is 1. The van der Waals surface area contributed by atoms with E-state index in [0.29, 0.717) is 17.0 Å². The number of carbonyl (C=O) groups is 1. The molecule has 0 unspecified atom stereocenters. The van der Waals surface area contributed by atoms with Crippen LogP contribution in [0.5, 0.6) is 0 Å². The summed E-state index contributed by atoms with van der Waals surface area (Å²) in [6, 6.07) is 4.40. The van der Waals surface area contributed by atoms with E-state index < -0.39 is 17.7 Å². The van der Waals surface area contributed by atoms with Crippen LogP contribution in [0.15, 0.2) is 18.2 Å². The third kappa shape index (κ3) is 1.48. The zero-order chi connectivity index (χ0) is 10.3. The van der Waals surface area contributed by atoms with Gasteiger partial charge in [-0.15, -0.1) is 0 Å². The Kier molecular flexibility index (Phi) is 2.19. The second-order valence-electron chi connectivity index (χ2n) is 3.42. The fourth-order valence-electron chi connectivity index (χ4n) is 1.65. The number of aliphatic carboxylic acids is 1. The number of hydrogen-bond donors (Lipinski definition) is 1. The molecule has 4 heteroatoms. The van der Waals surface area contributed by atoms with Crippen molar-refractivity contribution in [3.8, 4) is 0 Å². The van der Waals surface area contributed by atoms with Crippen molar-refractivity contribution < 1.29 is 14.3 Å². The van der Waals surface area contributed by atoms with Crippen molar-refractivity contribution >= 4 is 17.6 Å². The van der Waals surface area contributed by atoms with Gasteiger partial charge in [-0.25, -0.2) is 4.39 Å². The molecule has 2 rings (SSSR count). The maximum atomic E-state index is 13.3. The van der Waals surface area contributed by atoms with Gasteiger partial charge < -0.3 is 5.11 Å². The van der Waals surface area contributed by atoms with E-state index in [2.05, 4.69) is 0 Å². The summed E-state index contributed by atoms with van der Waals surface area (Å²) in [5.74, 6) is -2.01. The van der Waals surface area contributed by atoms with Crippen LogP contribution in [0.3, 0.4) is 0 Å². The van der Waals surface area contributed by atoms with Crippen molar-refractivity contribution in [1.29, 1.82) is 0 Å². The molecule has 1 aliphatic carbocycles. The minimum Gasteiger partial charge on any atom is -0.481 e. The molecule has 2 atom stereocenters. The van der Waals surface area contributed by atoms with Gasteiger partial charge in [-0.2, -0.15) is 0 Å². The minimum absolute atomic E-state index is 0.249. The second kappa shape index (κ2) is 3.24. The third-order valence-electron chi connectivity index (χ3n) is 2.48. The van der Waals surface area contributed by atoms with Crippen molar-refractivity contribution in [3.63, 3.8) is 0 Å². The first-order valence-corrected chi connectivity index (χ1v) is 4.65. The van der Waals surface area contributed by atoms with E-state index in [1.165, 1.54) is 12.1 Å². The first-order valence-electron chi connectivity index (χ1n) is 4.28. The number of carboxylic acids is 1. The summed E-state index contributed by atoms with van der Waals surface area (Å²) in [7, 11) is 0. The van der Waals surface area contributed by atoms with Gasteiger partial charge in [0.05, 0.1) is 5.92 Å². The van der Waals surface area contributed by atoms with E-state index in [4.69, 9.17) is 16.7 Å². The minimum atomic E-state index is -0.880. The lowest BCUT2D eigenvalue weighted by molar-refractivity contribution is -0.138. The Hall–Kier alpha value is -1.09. The molecule has 0 aromatic heterocycles. The monoisotopic (exact) mass is 214 g/mol. The maximum absolute atomic E-state index is 13.3. The standard InChI is InChI=1S/C10H8ClFO2/c11-7-2-1-3-8(12)9(7)5-4-6(5)10(13)14/h1-3,5-6H,4H2,(H,13,14)/t5-,6-/m1/s1. The largest absolute Gasteiger partial charge is 0.481 e. The smallest absolute Gasteiger partial charge is 0.307 e. The van der Waals surface area contributed by atoms with Crippen LogP contribution < -0.4 is 0 Å². The molecule has 0 aliphatic heterocycles. The number of carboxylic acid groups (broad SMARTS) is 1. The molecule has 1 aliphatic rings. The fourth-order valence-corrected chi connectivity index (χ4v) is 1.96. The van der Waals surface area contributed by atoms with Crippen molar-refractivity contribution in [2.45, 2.75) is 12.3 Å². The average Bonchev–Trinajstić information content (AvgIpc) is 2.83. The maximum Gasteiger partial charge on any atom is 0.307 e. The molecular weight excluding hydrogens is 207 g/mol. The van der Waals surface area contributed by atoms with Crippen LogP contribution in [0.25, 0.3) is 0 Å². The van der Waals surface area contributed by atoms with Gasteiger partial charge in [0.1, 0.15) is 5.82 Å². The quantitative estimate of drug-likeness (QED) is 0.822. The molecule has 14 heavy (non-hydrogen) atoms. The van der Waals surface area contributed by atoms with E-state index in [0.717, 1.165) is 0 Å². The number of hydrogen-bond acceptors (Lipinski definition) is 1. The lowest BCUT2D eigenvalue weighted by Crippen LogP contribution is -2.00. The van der Waals surface area contributed by atoms with Gasteiger partial charge in [0.25, 0.3) is 0 Å². The van der Waals surface area contributed by atoms with E-state index in [-0.39, 0.29) is 5.92 Å². The molecule has 0 bridgehead atoms. The number of halogens is 2. The molecule has 1 N–H and O–H groups in total. The van der Waals surface area contributed by atoms with Crippen molar-refractivity contribution in [3.05, 3.63) is 34.6 Å². The molecular formula is C10H8ClFO2. The predicted molar refractivity (Wildman–Crippen MR) is 49.9 cm³/mol.